The summed E-state index contributed by atoms with van der Waals surface area (Å²) < 4.78 is 0. The molecule has 1 heterocycles. The monoisotopic (exact) mass is 334 g/mol. The van der Waals surface area contributed by atoms with Gasteiger partial charge in [0.25, 0.3) is 0 Å². The molecule has 1 amide bonds. The Morgan fingerprint density at radius 2 is 1.86 bits per heavy atom. The first-order chi connectivity index (χ1) is 10.4. The molecule has 22 heavy (non-hydrogen) atoms. The summed E-state index contributed by atoms with van der Waals surface area (Å²) >= 11 is 7.37. The lowest BCUT2D eigenvalue weighted by atomic mass is 10.1. The van der Waals surface area contributed by atoms with Crippen molar-refractivity contribution in [3.05, 3.63) is 52.3 Å². The van der Waals surface area contributed by atoms with Crippen LogP contribution in [0.2, 0.25) is 5.02 Å². The summed E-state index contributed by atoms with van der Waals surface area (Å²) in [5, 5.41) is 3.47. The maximum Gasteiger partial charge on any atom is 0.237 e. The largest absolute Gasteiger partial charge is 0.323 e. The topological polar surface area (TPSA) is 42.0 Å². The minimum absolute atomic E-state index is 0.0307. The van der Waals surface area contributed by atoms with Crippen LogP contribution in [0.25, 0.3) is 0 Å². The molecule has 0 radical (unpaired) electrons. The standard InChI is InChI=1S/C17H19ClN2OS/c1-10-9-11(2)19-12(3)16(10)20-17(21)13(4)22-15-7-5-14(18)6-8-15/h5-9,13H,1-4H3,(H,20,21). The van der Waals surface area contributed by atoms with E-state index < -0.39 is 0 Å². The molecule has 0 saturated carbocycles. The maximum atomic E-state index is 12.4. The average molecular weight is 335 g/mol. The zero-order chi connectivity index (χ0) is 16.3. The Hall–Kier alpha value is -1.52. The summed E-state index contributed by atoms with van der Waals surface area (Å²) in [6.07, 6.45) is 0. The van der Waals surface area contributed by atoms with Crippen LogP contribution in [0.1, 0.15) is 23.9 Å². The van der Waals surface area contributed by atoms with Crippen molar-refractivity contribution in [1.29, 1.82) is 0 Å². The zero-order valence-corrected chi connectivity index (χ0v) is 14.7. The predicted octanol–water partition coefficient (Wildman–Crippen LogP) is 4.78. The first-order valence-electron chi connectivity index (χ1n) is 7.04. The second-order valence-electron chi connectivity index (χ2n) is 5.24. The second-order valence-corrected chi connectivity index (χ2v) is 7.09. The van der Waals surface area contributed by atoms with Crippen LogP contribution in [0.15, 0.2) is 35.2 Å². The van der Waals surface area contributed by atoms with Gasteiger partial charge in [0, 0.05) is 15.6 Å². The minimum Gasteiger partial charge on any atom is -0.323 e. The van der Waals surface area contributed by atoms with Crippen molar-refractivity contribution in [3.63, 3.8) is 0 Å². The number of thioether (sulfide) groups is 1. The third-order valence-electron chi connectivity index (χ3n) is 3.27. The molecule has 0 bridgehead atoms. The summed E-state index contributed by atoms with van der Waals surface area (Å²) in [5.74, 6) is -0.0307. The number of aryl methyl sites for hydroxylation is 3. The highest BCUT2D eigenvalue weighted by Gasteiger charge is 2.17. The maximum absolute atomic E-state index is 12.4. The number of benzene rings is 1. The number of aromatic nitrogens is 1. The molecule has 2 aromatic rings. The predicted molar refractivity (Wildman–Crippen MR) is 93.8 cm³/mol. The highest BCUT2D eigenvalue weighted by Crippen LogP contribution is 2.26. The fourth-order valence-corrected chi connectivity index (χ4v) is 3.20. The third-order valence-corrected chi connectivity index (χ3v) is 4.63. The number of nitrogens with one attached hydrogen (secondary N) is 1. The lowest BCUT2D eigenvalue weighted by molar-refractivity contribution is -0.115. The fourth-order valence-electron chi connectivity index (χ4n) is 2.21. The van der Waals surface area contributed by atoms with Crippen molar-refractivity contribution in [2.24, 2.45) is 0 Å². The number of halogens is 1. The fraction of sp³-hybridized carbons (Fsp3) is 0.294. The number of nitrogens with zero attached hydrogens (tertiary/aromatic N) is 1. The van der Waals surface area contributed by atoms with Gasteiger partial charge in [-0.15, -0.1) is 11.8 Å². The van der Waals surface area contributed by atoms with Gasteiger partial charge in [-0.25, -0.2) is 0 Å². The van der Waals surface area contributed by atoms with Crippen LogP contribution in [-0.2, 0) is 4.79 Å². The number of amides is 1. The molecule has 5 heteroatoms. The van der Waals surface area contributed by atoms with Crippen LogP contribution in [0.4, 0.5) is 5.69 Å². The molecular formula is C17H19ClN2OS. The Bertz CT molecular complexity index is 663. The normalized spacial score (nSPS) is 12.0. The Balaban J connectivity index is 2.07. The van der Waals surface area contributed by atoms with Crippen molar-refractivity contribution in [2.75, 3.05) is 5.32 Å². The smallest absolute Gasteiger partial charge is 0.237 e. The highest BCUT2D eigenvalue weighted by atomic mass is 35.5. The summed E-state index contributed by atoms with van der Waals surface area (Å²) in [5.41, 5.74) is 3.63. The van der Waals surface area contributed by atoms with Gasteiger partial charge in [0.2, 0.25) is 5.91 Å². The lowest BCUT2D eigenvalue weighted by Crippen LogP contribution is -2.23. The van der Waals surface area contributed by atoms with Crippen LogP contribution < -0.4 is 5.32 Å². The van der Waals surface area contributed by atoms with E-state index in [1.807, 2.05) is 58.0 Å². The molecule has 1 unspecified atom stereocenters. The first-order valence-corrected chi connectivity index (χ1v) is 8.30. The van der Waals surface area contributed by atoms with Crippen LogP contribution in [0.5, 0.6) is 0 Å². The van der Waals surface area contributed by atoms with Gasteiger partial charge in [0.15, 0.2) is 0 Å². The van der Waals surface area contributed by atoms with E-state index in [9.17, 15) is 4.79 Å². The molecule has 1 N–H and O–H groups in total. The molecular weight excluding hydrogens is 316 g/mol. The van der Waals surface area contributed by atoms with Gasteiger partial charge in [-0.05, 0) is 63.6 Å². The Labute approximate surface area is 140 Å². The van der Waals surface area contributed by atoms with Gasteiger partial charge >= 0.3 is 0 Å². The highest BCUT2D eigenvalue weighted by molar-refractivity contribution is 8.00. The third kappa shape index (κ3) is 4.24. The molecule has 2 rings (SSSR count). The second kappa shape index (κ2) is 7.16. The summed E-state index contributed by atoms with van der Waals surface area (Å²) in [6.45, 7) is 7.73. The Kier molecular flexibility index (Phi) is 5.48. The summed E-state index contributed by atoms with van der Waals surface area (Å²) in [6, 6.07) is 9.46. The van der Waals surface area contributed by atoms with E-state index >= 15 is 0 Å². The van der Waals surface area contributed by atoms with E-state index in [1.165, 1.54) is 11.8 Å². The number of hydrogen-bond acceptors (Lipinski definition) is 3. The van der Waals surface area contributed by atoms with Crippen molar-refractivity contribution < 1.29 is 4.79 Å². The number of anilines is 1. The van der Waals surface area contributed by atoms with E-state index in [2.05, 4.69) is 10.3 Å². The van der Waals surface area contributed by atoms with E-state index in [0.717, 1.165) is 27.5 Å². The molecule has 116 valence electrons. The summed E-state index contributed by atoms with van der Waals surface area (Å²) in [4.78, 5) is 17.8. The molecule has 1 atom stereocenters. The van der Waals surface area contributed by atoms with Crippen molar-refractivity contribution in [3.8, 4) is 0 Å². The van der Waals surface area contributed by atoms with Crippen LogP contribution >= 0.6 is 23.4 Å². The van der Waals surface area contributed by atoms with Gasteiger partial charge in [-0.3, -0.25) is 9.78 Å². The van der Waals surface area contributed by atoms with Crippen LogP contribution in [0, 0.1) is 20.8 Å². The molecule has 0 aliphatic carbocycles. The molecule has 0 aliphatic rings. The Morgan fingerprint density at radius 3 is 2.45 bits per heavy atom. The van der Waals surface area contributed by atoms with Crippen LogP contribution in [0.3, 0.4) is 0 Å². The van der Waals surface area contributed by atoms with Crippen molar-refractivity contribution in [2.45, 2.75) is 37.8 Å². The zero-order valence-electron chi connectivity index (χ0n) is 13.1. The van der Waals surface area contributed by atoms with Gasteiger partial charge in [-0.1, -0.05) is 11.6 Å². The van der Waals surface area contributed by atoms with Gasteiger partial charge in [0.05, 0.1) is 16.6 Å². The van der Waals surface area contributed by atoms with E-state index in [1.54, 1.807) is 0 Å². The van der Waals surface area contributed by atoms with E-state index in [-0.39, 0.29) is 11.2 Å². The number of rotatable bonds is 4. The van der Waals surface area contributed by atoms with E-state index in [0.29, 0.717) is 5.02 Å². The molecule has 0 aliphatic heterocycles. The molecule has 3 nitrogen and oxygen atoms in total. The van der Waals surface area contributed by atoms with Crippen molar-refractivity contribution >= 4 is 35.0 Å². The SMILES string of the molecule is Cc1cc(C)c(NC(=O)C(C)Sc2ccc(Cl)cc2)c(C)n1. The number of hydrogen-bond donors (Lipinski definition) is 1. The van der Waals surface area contributed by atoms with Crippen LogP contribution in [-0.4, -0.2) is 16.1 Å². The molecule has 0 fully saturated rings. The lowest BCUT2D eigenvalue weighted by Gasteiger charge is -2.15. The van der Waals surface area contributed by atoms with Gasteiger partial charge in [0.1, 0.15) is 0 Å². The number of pyridine rings is 1. The number of carbonyl (C=O) groups excluding carboxylic acids is 1. The van der Waals surface area contributed by atoms with Crippen molar-refractivity contribution in [1.82, 2.24) is 4.98 Å². The molecule has 0 saturated heterocycles. The van der Waals surface area contributed by atoms with E-state index in [4.69, 9.17) is 11.6 Å². The quantitative estimate of drug-likeness (QED) is 0.818. The molecule has 0 spiro atoms. The summed E-state index contributed by atoms with van der Waals surface area (Å²) in [7, 11) is 0. The number of carbonyl (C=O) groups is 1. The first kappa shape index (κ1) is 16.8. The minimum atomic E-state index is -0.207. The van der Waals surface area contributed by atoms with Gasteiger partial charge in [-0.2, -0.15) is 0 Å². The molecule has 1 aromatic carbocycles. The Morgan fingerprint density at radius 1 is 1.23 bits per heavy atom. The van der Waals surface area contributed by atoms with Gasteiger partial charge < -0.3 is 5.32 Å². The molecule has 1 aromatic heterocycles. The average Bonchev–Trinajstić information content (AvgIpc) is 2.45.